The summed E-state index contributed by atoms with van der Waals surface area (Å²) in [4.78, 5) is 11.3. The molecule has 0 aromatic carbocycles. The summed E-state index contributed by atoms with van der Waals surface area (Å²) in [5, 5.41) is 2.87. The summed E-state index contributed by atoms with van der Waals surface area (Å²) in [6, 6.07) is 0.0283. The summed E-state index contributed by atoms with van der Waals surface area (Å²) < 4.78 is 0. The van der Waals surface area contributed by atoms with E-state index in [1.54, 1.807) is 11.8 Å². The molecule has 0 rings (SSSR count). The van der Waals surface area contributed by atoms with E-state index in [2.05, 4.69) is 18.5 Å². The molecule has 0 aromatic rings. The molecule has 0 spiro atoms. The Labute approximate surface area is 91.2 Å². The lowest BCUT2D eigenvalue weighted by atomic mass is 10.1. The van der Waals surface area contributed by atoms with E-state index < -0.39 is 0 Å². The van der Waals surface area contributed by atoms with Crippen molar-refractivity contribution in [3.63, 3.8) is 0 Å². The molecule has 0 aromatic heterocycles. The largest absolute Gasteiger partial charge is 0.356 e. The maximum Gasteiger partial charge on any atom is 0.221 e. The highest BCUT2D eigenvalue weighted by Gasteiger charge is 2.07. The van der Waals surface area contributed by atoms with Gasteiger partial charge in [-0.05, 0) is 24.9 Å². The standard InChI is InChI=1S/C10H22N2OS/c1-3-5-9(11)8-10(13)12-6-4-7-14-2/h9H,3-8,11H2,1-2H3,(H,12,13). The van der Waals surface area contributed by atoms with Crippen LogP contribution in [0.5, 0.6) is 0 Å². The molecule has 0 saturated heterocycles. The number of rotatable bonds is 8. The lowest BCUT2D eigenvalue weighted by Crippen LogP contribution is -2.32. The number of hydrogen-bond donors (Lipinski definition) is 2. The molecule has 1 atom stereocenters. The van der Waals surface area contributed by atoms with Crippen LogP contribution in [0, 0.1) is 0 Å². The molecule has 1 unspecified atom stereocenters. The minimum absolute atomic E-state index is 0.0283. The van der Waals surface area contributed by atoms with Crippen LogP contribution in [0.3, 0.4) is 0 Å². The number of nitrogens with two attached hydrogens (primary N) is 1. The molecule has 84 valence electrons. The average Bonchev–Trinajstić information content (AvgIpc) is 2.13. The molecule has 0 aliphatic heterocycles. The Balaban J connectivity index is 3.35. The Morgan fingerprint density at radius 3 is 2.86 bits per heavy atom. The van der Waals surface area contributed by atoms with E-state index in [0.717, 1.165) is 31.6 Å². The van der Waals surface area contributed by atoms with Gasteiger partial charge in [-0.25, -0.2) is 0 Å². The van der Waals surface area contributed by atoms with Gasteiger partial charge in [-0.1, -0.05) is 13.3 Å². The van der Waals surface area contributed by atoms with Crippen molar-refractivity contribution in [3.05, 3.63) is 0 Å². The smallest absolute Gasteiger partial charge is 0.221 e. The van der Waals surface area contributed by atoms with Crippen LogP contribution in [-0.4, -0.2) is 30.5 Å². The molecule has 0 radical (unpaired) electrons. The van der Waals surface area contributed by atoms with Crippen molar-refractivity contribution in [2.45, 2.75) is 38.6 Å². The average molecular weight is 218 g/mol. The molecule has 4 heteroatoms. The Hall–Kier alpha value is -0.220. The highest BCUT2D eigenvalue weighted by Crippen LogP contribution is 1.98. The second-order valence-corrected chi connectivity index (χ2v) is 4.43. The lowest BCUT2D eigenvalue weighted by Gasteiger charge is -2.10. The molecule has 3 N–H and O–H groups in total. The first-order valence-electron chi connectivity index (χ1n) is 5.22. The lowest BCUT2D eigenvalue weighted by molar-refractivity contribution is -0.121. The fraction of sp³-hybridized carbons (Fsp3) is 0.900. The van der Waals surface area contributed by atoms with Gasteiger partial charge in [0, 0.05) is 19.0 Å². The third-order valence-corrected chi connectivity index (χ3v) is 2.65. The van der Waals surface area contributed by atoms with Crippen molar-refractivity contribution in [3.8, 4) is 0 Å². The molecular formula is C10H22N2OS. The quantitative estimate of drug-likeness (QED) is 0.605. The second-order valence-electron chi connectivity index (χ2n) is 3.45. The molecule has 0 saturated carbocycles. The van der Waals surface area contributed by atoms with Crippen molar-refractivity contribution >= 4 is 17.7 Å². The molecule has 0 fully saturated rings. The summed E-state index contributed by atoms with van der Waals surface area (Å²) in [6.45, 7) is 2.86. The minimum Gasteiger partial charge on any atom is -0.356 e. The summed E-state index contributed by atoms with van der Waals surface area (Å²) in [7, 11) is 0. The number of thioether (sulfide) groups is 1. The zero-order valence-electron chi connectivity index (χ0n) is 9.21. The summed E-state index contributed by atoms with van der Waals surface area (Å²) in [5.41, 5.74) is 5.75. The topological polar surface area (TPSA) is 55.1 Å². The van der Waals surface area contributed by atoms with Gasteiger partial charge in [0.25, 0.3) is 0 Å². The number of carbonyl (C=O) groups excluding carboxylic acids is 1. The van der Waals surface area contributed by atoms with Gasteiger partial charge in [-0.3, -0.25) is 4.79 Å². The van der Waals surface area contributed by atoms with Crippen LogP contribution in [0.25, 0.3) is 0 Å². The van der Waals surface area contributed by atoms with Gasteiger partial charge in [-0.2, -0.15) is 11.8 Å². The van der Waals surface area contributed by atoms with E-state index in [0.29, 0.717) is 6.42 Å². The van der Waals surface area contributed by atoms with Gasteiger partial charge in [-0.15, -0.1) is 0 Å². The van der Waals surface area contributed by atoms with Crippen LogP contribution in [0.4, 0.5) is 0 Å². The van der Waals surface area contributed by atoms with Crippen molar-refractivity contribution in [1.82, 2.24) is 5.32 Å². The summed E-state index contributed by atoms with van der Waals surface area (Å²) in [5.74, 6) is 1.19. The van der Waals surface area contributed by atoms with E-state index >= 15 is 0 Å². The van der Waals surface area contributed by atoms with Gasteiger partial charge in [0.1, 0.15) is 0 Å². The third-order valence-electron chi connectivity index (χ3n) is 1.95. The maximum atomic E-state index is 11.3. The Morgan fingerprint density at radius 1 is 1.57 bits per heavy atom. The highest BCUT2D eigenvalue weighted by atomic mass is 32.2. The zero-order valence-corrected chi connectivity index (χ0v) is 10.0. The predicted molar refractivity (Wildman–Crippen MR) is 63.5 cm³/mol. The van der Waals surface area contributed by atoms with E-state index in [1.165, 1.54) is 0 Å². The van der Waals surface area contributed by atoms with Gasteiger partial charge in [0.2, 0.25) is 5.91 Å². The SMILES string of the molecule is CCCC(N)CC(=O)NCCCSC. The molecule has 0 aliphatic rings. The molecule has 14 heavy (non-hydrogen) atoms. The third kappa shape index (κ3) is 8.38. The first-order chi connectivity index (χ1) is 6.70. The number of carbonyl (C=O) groups is 1. The number of amides is 1. The Bertz CT molecular complexity index is 153. The minimum atomic E-state index is 0.0283. The summed E-state index contributed by atoms with van der Waals surface area (Å²) in [6.07, 6.45) is 5.54. The molecule has 0 bridgehead atoms. The fourth-order valence-corrected chi connectivity index (χ4v) is 1.66. The predicted octanol–water partition coefficient (Wildman–Crippen LogP) is 1.37. The van der Waals surface area contributed by atoms with Gasteiger partial charge < -0.3 is 11.1 Å². The van der Waals surface area contributed by atoms with Gasteiger partial charge in [0.15, 0.2) is 0 Å². The van der Waals surface area contributed by atoms with Crippen LogP contribution in [0.1, 0.15) is 32.6 Å². The van der Waals surface area contributed by atoms with Crippen molar-refractivity contribution < 1.29 is 4.79 Å². The van der Waals surface area contributed by atoms with Crippen LogP contribution < -0.4 is 11.1 Å². The number of nitrogens with one attached hydrogen (secondary N) is 1. The van der Waals surface area contributed by atoms with E-state index in [1.807, 2.05) is 0 Å². The van der Waals surface area contributed by atoms with Crippen LogP contribution in [-0.2, 0) is 4.79 Å². The van der Waals surface area contributed by atoms with E-state index in [-0.39, 0.29) is 11.9 Å². The number of hydrogen-bond acceptors (Lipinski definition) is 3. The Morgan fingerprint density at radius 2 is 2.29 bits per heavy atom. The summed E-state index contributed by atoms with van der Waals surface area (Å²) >= 11 is 1.80. The van der Waals surface area contributed by atoms with Gasteiger partial charge in [0.05, 0.1) is 0 Å². The first-order valence-corrected chi connectivity index (χ1v) is 6.61. The normalized spacial score (nSPS) is 12.5. The Kier molecular flexibility index (Phi) is 9.19. The maximum absolute atomic E-state index is 11.3. The molecule has 0 heterocycles. The monoisotopic (exact) mass is 218 g/mol. The van der Waals surface area contributed by atoms with Crippen molar-refractivity contribution in [2.75, 3.05) is 18.6 Å². The van der Waals surface area contributed by atoms with Crippen molar-refractivity contribution in [2.24, 2.45) is 5.73 Å². The van der Waals surface area contributed by atoms with Gasteiger partial charge >= 0.3 is 0 Å². The second kappa shape index (κ2) is 9.34. The molecule has 0 aliphatic carbocycles. The highest BCUT2D eigenvalue weighted by molar-refractivity contribution is 7.98. The molecular weight excluding hydrogens is 196 g/mol. The molecule has 1 amide bonds. The first kappa shape index (κ1) is 13.8. The molecule has 3 nitrogen and oxygen atoms in total. The fourth-order valence-electron chi connectivity index (χ4n) is 1.23. The zero-order chi connectivity index (χ0) is 10.8. The van der Waals surface area contributed by atoms with E-state index in [4.69, 9.17) is 5.73 Å². The van der Waals surface area contributed by atoms with Crippen LogP contribution in [0.15, 0.2) is 0 Å². The van der Waals surface area contributed by atoms with E-state index in [9.17, 15) is 4.79 Å². The van der Waals surface area contributed by atoms with Crippen LogP contribution >= 0.6 is 11.8 Å². The van der Waals surface area contributed by atoms with Crippen LogP contribution in [0.2, 0.25) is 0 Å². The van der Waals surface area contributed by atoms with Crippen molar-refractivity contribution in [1.29, 1.82) is 0 Å².